The van der Waals surface area contributed by atoms with Gasteiger partial charge in [0.2, 0.25) is 0 Å². The number of ether oxygens (including phenoxy) is 1. The van der Waals surface area contributed by atoms with Crippen LogP contribution in [0.15, 0.2) is 57.6 Å². The summed E-state index contributed by atoms with van der Waals surface area (Å²) in [7, 11) is -4.23. The van der Waals surface area contributed by atoms with Gasteiger partial charge in [-0.2, -0.15) is 18.6 Å². The Kier molecular flexibility index (Phi) is 9.76. The van der Waals surface area contributed by atoms with E-state index < -0.39 is 10.1 Å². The predicted octanol–water partition coefficient (Wildman–Crippen LogP) is 6.57. The van der Waals surface area contributed by atoms with Crippen molar-refractivity contribution in [2.45, 2.75) is 63.2 Å². The average Bonchev–Trinajstić information content (AvgIpc) is 2.72. The standard InChI is InChI=1S/C22H30N2O5S/c1-2-3-4-5-6-7-8-9-16-29-22-17-19(12-15-21(22)25)24-23-18-10-13-20(14-11-18)30(26,27)28/h10-15,17,25H,2-9,16H2,1H3,(H,26,27,28). The summed E-state index contributed by atoms with van der Waals surface area (Å²) in [4.78, 5) is -0.206. The molecule has 164 valence electrons. The molecule has 7 nitrogen and oxygen atoms in total. The smallest absolute Gasteiger partial charge is 0.294 e. The number of hydrogen-bond acceptors (Lipinski definition) is 6. The zero-order chi connectivity index (χ0) is 21.8. The number of aromatic hydroxyl groups is 1. The highest BCUT2D eigenvalue weighted by atomic mass is 32.2. The van der Waals surface area contributed by atoms with Crippen LogP contribution in [-0.2, 0) is 10.1 Å². The molecule has 0 aliphatic carbocycles. The largest absolute Gasteiger partial charge is 0.504 e. The first-order valence-corrected chi connectivity index (χ1v) is 11.8. The maximum Gasteiger partial charge on any atom is 0.294 e. The number of unbranched alkanes of at least 4 members (excludes halogenated alkanes) is 7. The summed E-state index contributed by atoms with van der Waals surface area (Å²) in [6.07, 6.45) is 9.66. The van der Waals surface area contributed by atoms with Crippen molar-refractivity contribution in [1.82, 2.24) is 0 Å². The van der Waals surface area contributed by atoms with E-state index in [-0.39, 0.29) is 10.6 Å². The third kappa shape index (κ3) is 8.51. The second kappa shape index (κ2) is 12.3. The van der Waals surface area contributed by atoms with Crippen LogP contribution in [0, 0.1) is 0 Å². The number of phenols is 1. The summed E-state index contributed by atoms with van der Waals surface area (Å²) in [5, 5.41) is 18.1. The zero-order valence-electron chi connectivity index (χ0n) is 17.3. The lowest BCUT2D eigenvalue weighted by atomic mass is 10.1. The maximum absolute atomic E-state index is 11.1. The first-order valence-electron chi connectivity index (χ1n) is 10.4. The zero-order valence-corrected chi connectivity index (χ0v) is 18.1. The Labute approximate surface area is 178 Å². The van der Waals surface area contributed by atoms with E-state index in [2.05, 4.69) is 17.2 Å². The first kappa shape index (κ1) is 23.8. The van der Waals surface area contributed by atoms with Crippen LogP contribution in [0.25, 0.3) is 0 Å². The maximum atomic E-state index is 11.1. The molecule has 0 spiro atoms. The van der Waals surface area contributed by atoms with Crippen LogP contribution in [0.5, 0.6) is 11.5 Å². The second-order valence-electron chi connectivity index (χ2n) is 7.14. The van der Waals surface area contributed by atoms with E-state index in [9.17, 15) is 13.5 Å². The van der Waals surface area contributed by atoms with Crippen LogP contribution < -0.4 is 4.74 Å². The van der Waals surface area contributed by atoms with Gasteiger partial charge in [-0.1, -0.05) is 51.9 Å². The topological polar surface area (TPSA) is 109 Å². The van der Waals surface area contributed by atoms with Gasteiger partial charge in [0.25, 0.3) is 10.1 Å². The van der Waals surface area contributed by atoms with Crippen molar-refractivity contribution in [2.24, 2.45) is 10.2 Å². The van der Waals surface area contributed by atoms with Crippen molar-refractivity contribution in [3.8, 4) is 11.5 Å². The van der Waals surface area contributed by atoms with Gasteiger partial charge >= 0.3 is 0 Å². The Morgan fingerprint density at radius 2 is 1.40 bits per heavy atom. The first-order chi connectivity index (χ1) is 14.4. The van der Waals surface area contributed by atoms with Gasteiger partial charge < -0.3 is 9.84 Å². The van der Waals surface area contributed by atoms with Crippen molar-refractivity contribution in [1.29, 1.82) is 0 Å². The number of rotatable bonds is 13. The molecule has 30 heavy (non-hydrogen) atoms. The predicted molar refractivity (Wildman–Crippen MR) is 117 cm³/mol. The van der Waals surface area contributed by atoms with Gasteiger partial charge in [0.1, 0.15) is 0 Å². The molecule has 0 saturated heterocycles. The Balaban J connectivity index is 1.82. The minimum atomic E-state index is -4.23. The fraction of sp³-hybridized carbons (Fsp3) is 0.455. The van der Waals surface area contributed by atoms with Gasteiger partial charge in [0.15, 0.2) is 11.5 Å². The molecule has 0 heterocycles. The number of phenolic OH excluding ortho intramolecular Hbond substituents is 1. The van der Waals surface area contributed by atoms with Gasteiger partial charge in [-0.05, 0) is 42.8 Å². The average molecular weight is 435 g/mol. The van der Waals surface area contributed by atoms with Gasteiger partial charge in [-0.25, -0.2) is 0 Å². The van der Waals surface area contributed by atoms with Crippen molar-refractivity contribution < 1.29 is 22.8 Å². The molecule has 0 radical (unpaired) electrons. The molecule has 0 atom stereocenters. The van der Waals surface area contributed by atoms with Crippen LogP contribution >= 0.6 is 0 Å². The van der Waals surface area contributed by atoms with Gasteiger partial charge in [0, 0.05) is 6.07 Å². The van der Waals surface area contributed by atoms with E-state index in [4.69, 9.17) is 9.29 Å². The van der Waals surface area contributed by atoms with Crippen LogP contribution in [0.2, 0.25) is 0 Å². The Hall–Kier alpha value is -2.45. The summed E-state index contributed by atoms with van der Waals surface area (Å²) in [5.41, 5.74) is 0.925. The van der Waals surface area contributed by atoms with Crippen LogP contribution in [-0.4, -0.2) is 24.7 Å². The normalized spacial score (nSPS) is 11.8. The monoisotopic (exact) mass is 434 g/mol. The van der Waals surface area contributed by atoms with E-state index in [0.717, 1.165) is 12.8 Å². The van der Waals surface area contributed by atoms with Crippen molar-refractivity contribution >= 4 is 21.5 Å². The van der Waals surface area contributed by atoms with Crippen LogP contribution in [0.1, 0.15) is 58.3 Å². The van der Waals surface area contributed by atoms with Gasteiger partial charge in [-0.15, -0.1) is 0 Å². The fourth-order valence-electron chi connectivity index (χ4n) is 2.90. The summed E-state index contributed by atoms with van der Waals surface area (Å²) < 4.78 is 36.8. The SMILES string of the molecule is CCCCCCCCCCOc1cc(N=Nc2ccc(S(=O)(=O)O)cc2)ccc1O. The lowest BCUT2D eigenvalue weighted by Crippen LogP contribution is -1.97. The molecule has 0 fully saturated rings. The molecule has 2 aromatic carbocycles. The molecule has 8 heteroatoms. The number of hydrogen-bond donors (Lipinski definition) is 2. The number of nitrogens with zero attached hydrogens (tertiary/aromatic N) is 2. The minimum absolute atomic E-state index is 0.0472. The lowest BCUT2D eigenvalue weighted by Gasteiger charge is -2.08. The quantitative estimate of drug-likeness (QED) is 0.210. The Morgan fingerprint density at radius 3 is 2.03 bits per heavy atom. The molecular weight excluding hydrogens is 404 g/mol. The minimum Gasteiger partial charge on any atom is -0.504 e. The molecule has 0 aromatic heterocycles. The molecule has 0 amide bonds. The van der Waals surface area contributed by atoms with Gasteiger partial charge in [0.05, 0.1) is 22.9 Å². The van der Waals surface area contributed by atoms with Crippen molar-refractivity contribution in [3.05, 3.63) is 42.5 Å². The summed E-state index contributed by atoms with van der Waals surface area (Å²) in [6.45, 7) is 2.74. The van der Waals surface area contributed by atoms with E-state index in [1.54, 1.807) is 12.1 Å². The van der Waals surface area contributed by atoms with E-state index in [1.807, 2.05) is 0 Å². The number of benzene rings is 2. The van der Waals surface area contributed by atoms with Crippen LogP contribution in [0.4, 0.5) is 11.4 Å². The van der Waals surface area contributed by atoms with E-state index in [0.29, 0.717) is 23.7 Å². The fourth-order valence-corrected chi connectivity index (χ4v) is 3.38. The van der Waals surface area contributed by atoms with E-state index >= 15 is 0 Å². The highest BCUT2D eigenvalue weighted by molar-refractivity contribution is 7.85. The van der Waals surface area contributed by atoms with Crippen LogP contribution in [0.3, 0.4) is 0 Å². The summed E-state index contributed by atoms with van der Waals surface area (Å²) >= 11 is 0. The number of azo groups is 1. The van der Waals surface area contributed by atoms with E-state index in [1.165, 1.54) is 68.9 Å². The highest BCUT2D eigenvalue weighted by Gasteiger charge is 2.08. The molecule has 2 aromatic rings. The molecule has 2 rings (SSSR count). The highest BCUT2D eigenvalue weighted by Crippen LogP contribution is 2.31. The molecule has 0 unspecified atom stereocenters. The van der Waals surface area contributed by atoms with Gasteiger partial charge in [-0.3, -0.25) is 4.55 Å². The molecule has 0 bridgehead atoms. The molecule has 2 N–H and O–H groups in total. The summed E-state index contributed by atoms with van der Waals surface area (Å²) in [6, 6.07) is 10.1. The Morgan fingerprint density at radius 1 is 0.833 bits per heavy atom. The third-order valence-electron chi connectivity index (χ3n) is 4.61. The molecule has 0 aliphatic heterocycles. The summed E-state index contributed by atoms with van der Waals surface area (Å²) in [5.74, 6) is 0.405. The molecule has 0 saturated carbocycles. The lowest BCUT2D eigenvalue weighted by molar-refractivity contribution is 0.289. The molecular formula is C22H30N2O5S. The van der Waals surface area contributed by atoms with Crippen molar-refractivity contribution in [2.75, 3.05) is 6.61 Å². The second-order valence-corrected chi connectivity index (χ2v) is 8.57. The molecule has 0 aliphatic rings. The van der Waals surface area contributed by atoms with Crippen molar-refractivity contribution in [3.63, 3.8) is 0 Å². The Bertz CT molecular complexity index is 912. The third-order valence-corrected chi connectivity index (χ3v) is 5.48.